The van der Waals surface area contributed by atoms with Gasteiger partial charge in [0.2, 0.25) is 5.95 Å². The van der Waals surface area contributed by atoms with E-state index in [1.807, 2.05) is 30.3 Å². The van der Waals surface area contributed by atoms with E-state index in [9.17, 15) is 0 Å². The Bertz CT molecular complexity index is 801. The number of hydrogen-bond acceptors (Lipinski definition) is 4. The second-order valence-corrected chi connectivity index (χ2v) is 6.77. The van der Waals surface area contributed by atoms with E-state index in [0.717, 1.165) is 36.6 Å². The van der Waals surface area contributed by atoms with Crippen LogP contribution in [0.3, 0.4) is 0 Å². The summed E-state index contributed by atoms with van der Waals surface area (Å²) < 4.78 is 0. The average molecular weight is 346 g/mol. The highest BCUT2D eigenvalue weighted by molar-refractivity contribution is 5.64. The van der Waals surface area contributed by atoms with Gasteiger partial charge in [0.25, 0.3) is 0 Å². The molecule has 0 aliphatic carbocycles. The van der Waals surface area contributed by atoms with Crippen molar-refractivity contribution < 1.29 is 0 Å². The molecule has 1 aromatic heterocycles. The minimum atomic E-state index is 0.555. The van der Waals surface area contributed by atoms with Gasteiger partial charge in [-0.15, -0.1) is 0 Å². The van der Waals surface area contributed by atoms with Crippen molar-refractivity contribution in [2.45, 2.75) is 20.3 Å². The van der Waals surface area contributed by atoms with Gasteiger partial charge in [-0.3, -0.25) is 0 Å². The molecule has 2 aromatic carbocycles. The molecular formula is C22H26N4. The first-order valence-electron chi connectivity index (χ1n) is 9.17. The smallest absolute Gasteiger partial charge is 0.225 e. The van der Waals surface area contributed by atoms with Crippen LogP contribution in [0.4, 0.5) is 11.8 Å². The molecule has 0 aliphatic rings. The molecule has 2 N–H and O–H groups in total. The maximum absolute atomic E-state index is 4.70. The Morgan fingerprint density at radius 2 is 1.54 bits per heavy atom. The van der Waals surface area contributed by atoms with Gasteiger partial charge in [0.1, 0.15) is 5.82 Å². The quantitative estimate of drug-likeness (QED) is 0.611. The highest BCUT2D eigenvalue weighted by Gasteiger charge is 2.07. The van der Waals surface area contributed by atoms with Crippen LogP contribution in [-0.2, 0) is 6.42 Å². The number of benzene rings is 2. The molecule has 0 amide bonds. The molecule has 0 bridgehead atoms. The molecule has 4 nitrogen and oxygen atoms in total. The first-order chi connectivity index (χ1) is 12.7. The molecule has 3 aromatic rings. The van der Waals surface area contributed by atoms with E-state index in [-0.39, 0.29) is 0 Å². The van der Waals surface area contributed by atoms with Crippen LogP contribution in [0.1, 0.15) is 19.4 Å². The molecule has 0 atom stereocenters. The van der Waals surface area contributed by atoms with Gasteiger partial charge in [-0.1, -0.05) is 74.5 Å². The summed E-state index contributed by atoms with van der Waals surface area (Å²) in [6.45, 7) is 6.05. The standard InChI is InChI=1S/C22H26N4/c1-17(2)16-24-21-15-20(19-11-7-4-8-12-19)25-22(26-21)23-14-13-18-9-5-3-6-10-18/h3-12,15,17H,13-14,16H2,1-2H3,(H2,23,24,25,26). The van der Waals surface area contributed by atoms with Crippen LogP contribution >= 0.6 is 0 Å². The predicted octanol–water partition coefficient (Wildman–Crippen LogP) is 4.87. The van der Waals surface area contributed by atoms with Crippen molar-refractivity contribution in [1.82, 2.24) is 9.97 Å². The summed E-state index contributed by atoms with van der Waals surface area (Å²) in [7, 11) is 0. The SMILES string of the molecule is CC(C)CNc1cc(-c2ccccc2)nc(NCCc2ccccc2)n1. The third-order valence-corrected chi connectivity index (χ3v) is 4.03. The number of hydrogen-bond donors (Lipinski definition) is 2. The number of rotatable bonds is 8. The molecule has 1 heterocycles. The van der Waals surface area contributed by atoms with Crippen LogP contribution in [0.5, 0.6) is 0 Å². The fourth-order valence-electron chi connectivity index (χ4n) is 2.65. The van der Waals surface area contributed by atoms with E-state index in [2.05, 4.69) is 65.9 Å². The first-order valence-corrected chi connectivity index (χ1v) is 9.17. The lowest BCUT2D eigenvalue weighted by Crippen LogP contribution is -2.13. The second-order valence-electron chi connectivity index (χ2n) is 6.77. The van der Waals surface area contributed by atoms with E-state index >= 15 is 0 Å². The molecule has 0 spiro atoms. The van der Waals surface area contributed by atoms with Crippen LogP contribution < -0.4 is 10.6 Å². The van der Waals surface area contributed by atoms with Crippen LogP contribution in [-0.4, -0.2) is 23.1 Å². The molecule has 0 saturated carbocycles. The summed E-state index contributed by atoms with van der Waals surface area (Å²) in [5.41, 5.74) is 3.32. The Morgan fingerprint density at radius 3 is 2.23 bits per heavy atom. The van der Waals surface area contributed by atoms with Gasteiger partial charge in [-0.2, -0.15) is 4.98 Å². The second kappa shape index (κ2) is 8.99. The van der Waals surface area contributed by atoms with Gasteiger partial charge in [-0.25, -0.2) is 4.98 Å². The lowest BCUT2D eigenvalue weighted by Gasteiger charge is -2.12. The maximum Gasteiger partial charge on any atom is 0.225 e. The van der Waals surface area contributed by atoms with Gasteiger partial charge in [0.15, 0.2) is 0 Å². The van der Waals surface area contributed by atoms with Gasteiger partial charge in [-0.05, 0) is 17.9 Å². The summed E-state index contributed by atoms with van der Waals surface area (Å²) in [6.07, 6.45) is 0.939. The Hall–Kier alpha value is -2.88. The fraction of sp³-hybridized carbons (Fsp3) is 0.273. The zero-order valence-electron chi connectivity index (χ0n) is 15.4. The van der Waals surface area contributed by atoms with Crippen LogP contribution in [0, 0.1) is 5.92 Å². The third kappa shape index (κ3) is 5.31. The Balaban J connectivity index is 1.75. The maximum atomic E-state index is 4.70. The molecule has 3 rings (SSSR count). The minimum Gasteiger partial charge on any atom is -0.370 e. The van der Waals surface area contributed by atoms with Crippen LogP contribution in [0.25, 0.3) is 11.3 Å². The van der Waals surface area contributed by atoms with Crippen molar-refractivity contribution in [3.8, 4) is 11.3 Å². The van der Waals surface area contributed by atoms with Gasteiger partial charge >= 0.3 is 0 Å². The summed E-state index contributed by atoms with van der Waals surface area (Å²) in [6, 6.07) is 22.7. The Labute approximate surface area is 155 Å². The molecule has 0 radical (unpaired) electrons. The summed E-state index contributed by atoms with van der Waals surface area (Å²) in [5.74, 6) is 2.07. The molecule has 0 saturated heterocycles. The highest BCUT2D eigenvalue weighted by atomic mass is 15.1. The number of nitrogens with one attached hydrogen (secondary N) is 2. The fourth-order valence-corrected chi connectivity index (χ4v) is 2.65. The highest BCUT2D eigenvalue weighted by Crippen LogP contribution is 2.21. The Morgan fingerprint density at radius 1 is 0.846 bits per heavy atom. The predicted molar refractivity (Wildman–Crippen MR) is 109 cm³/mol. The molecule has 0 aliphatic heterocycles. The van der Waals surface area contributed by atoms with Crippen LogP contribution in [0.15, 0.2) is 66.7 Å². The lowest BCUT2D eigenvalue weighted by atomic mass is 10.1. The summed E-state index contributed by atoms with van der Waals surface area (Å²) in [5, 5.41) is 6.78. The van der Waals surface area contributed by atoms with E-state index in [1.54, 1.807) is 0 Å². The van der Waals surface area contributed by atoms with Crippen molar-refractivity contribution >= 4 is 11.8 Å². The van der Waals surface area contributed by atoms with E-state index in [0.29, 0.717) is 11.9 Å². The minimum absolute atomic E-state index is 0.555. The van der Waals surface area contributed by atoms with Crippen molar-refractivity contribution in [2.75, 3.05) is 23.7 Å². The summed E-state index contributed by atoms with van der Waals surface area (Å²) in [4.78, 5) is 9.33. The summed E-state index contributed by atoms with van der Waals surface area (Å²) >= 11 is 0. The topological polar surface area (TPSA) is 49.8 Å². The number of anilines is 2. The largest absolute Gasteiger partial charge is 0.370 e. The zero-order chi connectivity index (χ0) is 18.2. The number of nitrogens with zero attached hydrogens (tertiary/aromatic N) is 2. The molecule has 0 unspecified atom stereocenters. The van der Waals surface area contributed by atoms with Crippen molar-refractivity contribution in [3.05, 3.63) is 72.3 Å². The Kier molecular flexibility index (Phi) is 6.20. The number of aromatic nitrogens is 2. The molecule has 134 valence electrons. The van der Waals surface area contributed by atoms with Crippen LogP contribution in [0.2, 0.25) is 0 Å². The van der Waals surface area contributed by atoms with E-state index < -0.39 is 0 Å². The van der Waals surface area contributed by atoms with E-state index in [4.69, 9.17) is 4.98 Å². The monoisotopic (exact) mass is 346 g/mol. The van der Waals surface area contributed by atoms with Crippen molar-refractivity contribution in [2.24, 2.45) is 5.92 Å². The molecule has 26 heavy (non-hydrogen) atoms. The van der Waals surface area contributed by atoms with Gasteiger partial charge in [0.05, 0.1) is 5.69 Å². The average Bonchev–Trinajstić information content (AvgIpc) is 2.68. The van der Waals surface area contributed by atoms with E-state index in [1.165, 1.54) is 5.56 Å². The van der Waals surface area contributed by atoms with Gasteiger partial charge in [0, 0.05) is 24.7 Å². The first kappa shape index (κ1) is 17.9. The molecule has 0 fully saturated rings. The molecular weight excluding hydrogens is 320 g/mol. The third-order valence-electron chi connectivity index (χ3n) is 4.03. The molecule has 4 heteroatoms. The van der Waals surface area contributed by atoms with Crippen molar-refractivity contribution in [1.29, 1.82) is 0 Å². The van der Waals surface area contributed by atoms with Gasteiger partial charge < -0.3 is 10.6 Å². The zero-order valence-corrected chi connectivity index (χ0v) is 15.4. The van der Waals surface area contributed by atoms with Crippen molar-refractivity contribution in [3.63, 3.8) is 0 Å². The normalized spacial score (nSPS) is 10.7. The lowest BCUT2D eigenvalue weighted by molar-refractivity contribution is 0.687.